The molecule has 0 fully saturated rings. The van der Waals surface area contributed by atoms with Gasteiger partial charge in [-0.15, -0.1) is 24.0 Å². The van der Waals surface area contributed by atoms with Crippen molar-refractivity contribution in [3.63, 3.8) is 0 Å². The number of rotatable bonds is 6. The van der Waals surface area contributed by atoms with E-state index in [2.05, 4.69) is 15.6 Å². The molecule has 2 rings (SSSR count). The Morgan fingerprint density at radius 1 is 1.07 bits per heavy atom. The lowest BCUT2D eigenvalue weighted by molar-refractivity contribution is 0.0827. The molecule has 0 aromatic heterocycles. The molecule has 146 valence electrons. The van der Waals surface area contributed by atoms with E-state index in [1.165, 1.54) is 12.1 Å². The maximum Gasteiger partial charge on any atom is 0.253 e. The van der Waals surface area contributed by atoms with E-state index >= 15 is 0 Å². The molecule has 0 unspecified atom stereocenters. The predicted molar refractivity (Wildman–Crippen MR) is 118 cm³/mol. The van der Waals surface area contributed by atoms with Crippen LogP contribution in [0.3, 0.4) is 0 Å². The lowest BCUT2D eigenvalue weighted by Gasteiger charge is -2.13. The molecule has 27 heavy (non-hydrogen) atoms. The van der Waals surface area contributed by atoms with E-state index in [1.54, 1.807) is 32.1 Å². The second-order valence-electron chi connectivity index (χ2n) is 6.13. The van der Waals surface area contributed by atoms with Crippen LogP contribution < -0.4 is 10.6 Å². The van der Waals surface area contributed by atoms with E-state index in [0.29, 0.717) is 24.6 Å². The number of nitrogens with one attached hydrogen (secondary N) is 2. The SMILES string of the molecule is CN=C(NCCc1cccc(C(=O)N(C)C)c1)NCc1cccc(F)c1.I. The molecule has 7 heteroatoms. The van der Waals surface area contributed by atoms with Crippen LogP contribution in [0.15, 0.2) is 53.5 Å². The molecule has 0 aliphatic heterocycles. The normalized spacial score (nSPS) is 10.7. The monoisotopic (exact) mass is 484 g/mol. The van der Waals surface area contributed by atoms with Crippen LogP contribution in [0.2, 0.25) is 0 Å². The summed E-state index contributed by atoms with van der Waals surface area (Å²) in [5.74, 6) is 0.390. The maximum atomic E-state index is 13.2. The number of hydrogen-bond acceptors (Lipinski definition) is 2. The summed E-state index contributed by atoms with van der Waals surface area (Å²) < 4.78 is 13.2. The van der Waals surface area contributed by atoms with Crippen molar-refractivity contribution in [2.45, 2.75) is 13.0 Å². The average molecular weight is 484 g/mol. The van der Waals surface area contributed by atoms with E-state index in [4.69, 9.17) is 0 Å². The van der Waals surface area contributed by atoms with E-state index in [0.717, 1.165) is 17.5 Å². The van der Waals surface area contributed by atoms with E-state index < -0.39 is 0 Å². The Hall–Kier alpha value is -2.16. The van der Waals surface area contributed by atoms with Crippen molar-refractivity contribution in [2.75, 3.05) is 27.7 Å². The molecule has 2 N–H and O–H groups in total. The van der Waals surface area contributed by atoms with Gasteiger partial charge >= 0.3 is 0 Å². The standard InChI is InChI=1S/C20H25FN4O.HI/c1-22-20(24-14-16-7-5-9-18(21)13-16)23-11-10-15-6-4-8-17(12-15)19(26)25(2)3;/h4-9,12-13H,10-11,14H2,1-3H3,(H2,22,23,24);1H. The van der Waals surface area contributed by atoms with E-state index in [-0.39, 0.29) is 35.7 Å². The summed E-state index contributed by atoms with van der Waals surface area (Å²) in [6.07, 6.45) is 0.759. The molecular weight excluding hydrogens is 458 g/mol. The Balaban J connectivity index is 0.00000364. The average Bonchev–Trinajstić information content (AvgIpc) is 2.64. The van der Waals surface area contributed by atoms with Gasteiger partial charge in [-0.25, -0.2) is 4.39 Å². The van der Waals surface area contributed by atoms with Crippen molar-refractivity contribution >= 4 is 35.8 Å². The van der Waals surface area contributed by atoms with Crippen LogP contribution in [0.25, 0.3) is 0 Å². The zero-order valence-corrected chi connectivity index (χ0v) is 18.2. The van der Waals surface area contributed by atoms with Gasteiger partial charge in [0.15, 0.2) is 5.96 Å². The van der Waals surface area contributed by atoms with Gasteiger partial charge in [0.25, 0.3) is 5.91 Å². The molecule has 2 aromatic rings. The van der Waals surface area contributed by atoms with Crippen molar-refractivity contribution in [2.24, 2.45) is 4.99 Å². The number of carbonyl (C=O) groups excluding carboxylic acids is 1. The smallest absolute Gasteiger partial charge is 0.253 e. The van der Waals surface area contributed by atoms with Crippen LogP contribution in [-0.4, -0.2) is 44.5 Å². The second-order valence-corrected chi connectivity index (χ2v) is 6.13. The van der Waals surface area contributed by atoms with Crippen LogP contribution >= 0.6 is 24.0 Å². The summed E-state index contributed by atoms with van der Waals surface area (Å²) in [5, 5.41) is 6.38. The largest absolute Gasteiger partial charge is 0.356 e. The molecule has 0 saturated heterocycles. The van der Waals surface area contributed by atoms with Crippen LogP contribution in [0.1, 0.15) is 21.5 Å². The van der Waals surface area contributed by atoms with Gasteiger partial charge in [0.05, 0.1) is 0 Å². The Bertz CT molecular complexity index is 780. The van der Waals surface area contributed by atoms with Crippen LogP contribution in [0, 0.1) is 5.82 Å². The number of amides is 1. The Morgan fingerprint density at radius 3 is 2.44 bits per heavy atom. The second kappa shape index (κ2) is 11.5. The third-order valence-corrected chi connectivity index (χ3v) is 3.86. The van der Waals surface area contributed by atoms with Crippen molar-refractivity contribution in [3.8, 4) is 0 Å². The molecule has 0 heterocycles. The molecule has 0 bridgehead atoms. The molecular formula is C20H26FIN4O. The van der Waals surface area contributed by atoms with Crippen LogP contribution in [-0.2, 0) is 13.0 Å². The topological polar surface area (TPSA) is 56.7 Å². The van der Waals surface area contributed by atoms with Crippen LogP contribution in [0.4, 0.5) is 4.39 Å². The summed E-state index contributed by atoms with van der Waals surface area (Å²) in [6.45, 7) is 1.16. The van der Waals surface area contributed by atoms with E-state index in [9.17, 15) is 9.18 Å². The van der Waals surface area contributed by atoms with Gasteiger partial charge in [0, 0.05) is 39.8 Å². The zero-order valence-electron chi connectivity index (χ0n) is 15.8. The maximum absolute atomic E-state index is 13.2. The highest BCUT2D eigenvalue weighted by atomic mass is 127. The predicted octanol–water partition coefficient (Wildman–Crippen LogP) is 3.05. The Labute approximate surface area is 177 Å². The van der Waals surface area contributed by atoms with Crippen molar-refractivity contribution in [1.82, 2.24) is 15.5 Å². The molecule has 0 saturated carbocycles. The first-order valence-corrected chi connectivity index (χ1v) is 8.49. The highest BCUT2D eigenvalue weighted by Crippen LogP contribution is 2.08. The van der Waals surface area contributed by atoms with Crippen LogP contribution in [0.5, 0.6) is 0 Å². The molecule has 0 atom stereocenters. The summed E-state index contributed by atoms with van der Waals surface area (Å²) in [7, 11) is 5.17. The number of guanidine groups is 1. The number of halogens is 2. The van der Waals surface area contributed by atoms with Gasteiger partial charge in [-0.1, -0.05) is 24.3 Å². The van der Waals surface area contributed by atoms with Gasteiger partial charge in [-0.05, 0) is 41.8 Å². The lowest BCUT2D eigenvalue weighted by atomic mass is 10.1. The van der Waals surface area contributed by atoms with Crippen molar-refractivity contribution in [3.05, 3.63) is 71.0 Å². The number of aliphatic imine (C=N–C) groups is 1. The molecule has 1 amide bonds. The van der Waals surface area contributed by atoms with Gasteiger partial charge < -0.3 is 15.5 Å². The molecule has 0 spiro atoms. The van der Waals surface area contributed by atoms with E-state index in [1.807, 2.05) is 30.3 Å². The first kappa shape index (κ1) is 22.9. The number of hydrogen-bond donors (Lipinski definition) is 2. The number of carbonyl (C=O) groups is 1. The highest BCUT2D eigenvalue weighted by molar-refractivity contribution is 14.0. The molecule has 2 aromatic carbocycles. The summed E-state index contributed by atoms with van der Waals surface area (Å²) in [6, 6.07) is 14.1. The third kappa shape index (κ3) is 7.54. The zero-order chi connectivity index (χ0) is 18.9. The van der Waals surface area contributed by atoms with Gasteiger partial charge in [-0.2, -0.15) is 0 Å². The molecule has 0 radical (unpaired) electrons. The first-order chi connectivity index (χ1) is 12.5. The minimum Gasteiger partial charge on any atom is -0.356 e. The van der Waals surface area contributed by atoms with Gasteiger partial charge in [0.2, 0.25) is 0 Å². The minimum absolute atomic E-state index is 0. The summed E-state index contributed by atoms with van der Waals surface area (Å²) in [5.41, 5.74) is 2.61. The third-order valence-electron chi connectivity index (χ3n) is 3.86. The minimum atomic E-state index is -0.251. The summed E-state index contributed by atoms with van der Waals surface area (Å²) >= 11 is 0. The quantitative estimate of drug-likeness (QED) is 0.377. The van der Waals surface area contributed by atoms with Crippen molar-refractivity contribution < 1.29 is 9.18 Å². The number of nitrogens with zero attached hydrogens (tertiary/aromatic N) is 2. The number of benzene rings is 2. The molecule has 5 nitrogen and oxygen atoms in total. The fourth-order valence-corrected chi connectivity index (χ4v) is 2.50. The van der Waals surface area contributed by atoms with Crippen molar-refractivity contribution in [1.29, 1.82) is 0 Å². The fourth-order valence-electron chi connectivity index (χ4n) is 2.50. The fraction of sp³-hybridized carbons (Fsp3) is 0.300. The Kier molecular flexibility index (Phi) is 9.77. The highest BCUT2D eigenvalue weighted by Gasteiger charge is 2.08. The molecule has 0 aliphatic rings. The van der Waals surface area contributed by atoms with Gasteiger partial charge in [-0.3, -0.25) is 9.79 Å². The molecule has 0 aliphatic carbocycles. The summed E-state index contributed by atoms with van der Waals surface area (Å²) in [4.78, 5) is 17.8. The lowest BCUT2D eigenvalue weighted by Crippen LogP contribution is -2.37. The first-order valence-electron chi connectivity index (χ1n) is 8.49. The Morgan fingerprint density at radius 2 is 1.78 bits per heavy atom. The van der Waals surface area contributed by atoms with Gasteiger partial charge in [0.1, 0.15) is 5.82 Å².